The van der Waals surface area contributed by atoms with E-state index in [2.05, 4.69) is 10.1 Å². The average molecular weight is 414 g/mol. The van der Waals surface area contributed by atoms with Gasteiger partial charge in [0.15, 0.2) is 0 Å². The molecule has 0 aliphatic carbocycles. The predicted octanol–water partition coefficient (Wildman–Crippen LogP) is 3.29. The van der Waals surface area contributed by atoms with Gasteiger partial charge in [-0.3, -0.25) is 19.3 Å². The number of nitrogens with zero attached hydrogens (tertiary/aromatic N) is 1. The number of nitrogens with one attached hydrogen (secondary N) is 1. The SMILES string of the molecule is COC(=O)c1ccc(C=C2SC(=O)N(CC(=O)Nc3ccccc3F)C2=O)cc1. The molecule has 0 atom stereocenters. The first-order valence-electron chi connectivity index (χ1n) is 8.37. The number of methoxy groups -OCH3 is 1. The Morgan fingerprint density at radius 2 is 1.83 bits per heavy atom. The van der Waals surface area contributed by atoms with Crippen molar-refractivity contribution in [3.8, 4) is 0 Å². The standard InChI is InChI=1S/C20H15FN2O5S/c1-28-19(26)13-8-6-12(7-9-13)10-16-18(25)23(20(27)29-16)11-17(24)22-15-5-3-2-4-14(15)21/h2-10H,11H2,1H3,(H,22,24). The van der Waals surface area contributed by atoms with E-state index < -0.39 is 35.4 Å². The lowest BCUT2D eigenvalue weighted by molar-refractivity contribution is -0.127. The molecule has 3 rings (SSSR count). The van der Waals surface area contributed by atoms with E-state index in [9.17, 15) is 23.6 Å². The summed E-state index contributed by atoms with van der Waals surface area (Å²) in [5.74, 6) is -2.43. The zero-order valence-corrected chi connectivity index (χ0v) is 16.0. The third-order valence-corrected chi connectivity index (χ3v) is 4.86. The summed E-state index contributed by atoms with van der Waals surface area (Å²) in [4.78, 5) is 49.1. The summed E-state index contributed by atoms with van der Waals surface area (Å²) in [6, 6.07) is 11.9. The molecule has 2 aromatic carbocycles. The summed E-state index contributed by atoms with van der Waals surface area (Å²) < 4.78 is 18.2. The molecule has 1 aliphatic heterocycles. The van der Waals surface area contributed by atoms with E-state index in [4.69, 9.17) is 0 Å². The highest BCUT2D eigenvalue weighted by Gasteiger charge is 2.36. The predicted molar refractivity (Wildman–Crippen MR) is 105 cm³/mol. The van der Waals surface area contributed by atoms with Crippen molar-refractivity contribution in [2.24, 2.45) is 0 Å². The van der Waals surface area contributed by atoms with E-state index in [1.54, 1.807) is 18.2 Å². The first-order chi connectivity index (χ1) is 13.9. The van der Waals surface area contributed by atoms with Crippen LogP contribution in [-0.4, -0.2) is 41.6 Å². The van der Waals surface area contributed by atoms with Crippen molar-refractivity contribution in [2.75, 3.05) is 19.0 Å². The minimum Gasteiger partial charge on any atom is -0.465 e. The van der Waals surface area contributed by atoms with Gasteiger partial charge >= 0.3 is 5.97 Å². The molecule has 7 nitrogen and oxygen atoms in total. The molecular formula is C20H15FN2O5S. The summed E-state index contributed by atoms with van der Waals surface area (Å²) >= 11 is 0.696. The molecule has 1 saturated heterocycles. The van der Waals surface area contributed by atoms with Crippen molar-refractivity contribution in [2.45, 2.75) is 0 Å². The van der Waals surface area contributed by atoms with Gasteiger partial charge in [0.25, 0.3) is 11.1 Å². The average Bonchev–Trinajstić information content (AvgIpc) is 2.97. The third-order valence-electron chi connectivity index (χ3n) is 3.95. The molecule has 9 heteroatoms. The number of imide groups is 1. The van der Waals surface area contributed by atoms with Crippen LogP contribution < -0.4 is 5.32 Å². The Balaban J connectivity index is 1.69. The number of carbonyl (C=O) groups excluding carboxylic acids is 4. The fraction of sp³-hybridized carbons (Fsp3) is 0.100. The molecule has 148 valence electrons. The fourth-order valence-electron chi connectivity index (χ4n) is 2.52. The summed E-state index contributed by atoms with van der Waals surface area (Å²) in [5.41, 5.74) is 0.909. The number of carbonyl (C=O) groups is 4. The van der Waals surface area contributed by atoms with Crippen LogP contribution in [-0.2, 0) is 14.3 Å². The van der Waals surface area contributed by atoms with Gasteiger partial charge in [0.1, 0.15) is 12.4 Å². The lowest BCUT2D eigenvalue weighted by atomic mass is 10.1. The maximum absolute atomic E-state index is 13.6. The van der Waals surface area contributed by atoms with Crippen molar-refractivity contribution in [3.05, 3.63) is 70.4 Å². The Morgan fingerprint density at radius 1 is 1.14 bits per heavy atom. The highest BCUT2D eigenvalue weighted by Crippen LogP contribution is 2.32. The van der Waals surface area contributed by atoms with Crippen molar-refractivity contribution >= 4 is 46.5 Å². The van der Waals surface area contributed by atoms with Gasteiger partial charge in [-0.05, 0) is 47.7 Å². The molecular weight excluding hydrogens is 399 g/mol. The molecule has 0 aromatic heterocycles. The number of hydrogen-bond donors (Lipinski definition) is 1. The normalized spacial score (nSPS) is 15.0. The first-order valence-corrected chi connectivity index (χ1v) is 9.19. The van der Waals surface area contributed by atoms with Crippen LogP contribution in [0.3, 0.4) is 0 Å². The Kier molecular flexibility index (Phi) is 6.08. The largest absolute Gasteiger partial charge is 0.465 e. The topological polar surface area (TPSA) is 92.8 Å². The number of thioether (sulfide) groups is 1. The Bertz CT molecular complexity index is 1020. The van der Waals surface area contributed by atoms with Gasteiger partial charge in [0.05, 0.1) is 23.3 Å². The van der Waals surface area contributed by atoms with Gasteiger partial charge in [-0.15, -0.1) is 0 Å². The minimum atomic E-state index is -0.693. The molecule has 1 N–H and O–H groups in total. The second-order valence-corrected chi connectivity index (χ2v) is 6.90. The van der Waals surface area contributed by atoms with E-state index in [1.165, 1.54) is 43.5 Å². The molecule has 0 saturated carbocycles. The minimum absolute atomic E-state index is 0.0364. The molecule has 3 amide bonds. The number of anilines is 1. The van der Waals surface area contributed by atoms with Crippen LogP contribution in [0.4, 0.5) is 14.9 Å². The Labute approximate surface area is 169 Å². The van der Waals surface area contributed by atoms with Crippen LogP contribution >= 0.6 is 11.8 Å². The third kappa shape index (κ3) is 4.69. The van der Waals surface area contributed by atoms with Gasteiger partial charge in [-0.2, -0.15) is 0 Å². The maximum Gasteiger partial charge on any atom is 0.337 e. The molecule has 0 spiro atoms. The number of rotatable bonds is 5. The maximum atomic E-state index is 13.6. The van der Waals surface area contributed by atoms with Crippen molar-refractivity contribution in [3.63, 3.8) is 0 Å². The van der Waals surface area contributed by atoms with Crippen molar-refractivity contribution < 1.29 is 28.3 Å². The van der Waals surface area contributed by atoms with E-state index in [0.29, 0.717) is 22.9 Å². The highest BCUT2D eigenvalue weighted by molar-refractivity contribution is 8.18. The second-order valence-electron chi connectivity index (χ2n) is 5.91. The van der Waals surface area contributed by atoms with Gasteiger partial charge in [0, 0.05) is 0 Å². The molecule has 1 fully saturated rings. The van der Waals surface area contributed by atoms with E-state index in [0.717, 1.165) is 4.90 Å². The fourth-order valence-corrected chi connectivity index (χ4v) is 3.36. The molecule has 1 heterocycles. The van der Waals surface area contributed by atoms with Gasteiger partial charge < -0.3 is 10.1 Å². The van der Waals surface area contributed by atoms with Gasteiger partial charge in [0.2, 0.25) is 5.91 Å². The van der Waals surface area contributed by atoms with Crippen LogP contribution in [0, 0.1) is 5.82 Å². The molecule has 0 bridgehead atoms. The van der Waals surface area contributed by atoms with Crippen LogP contribution in [0.5, 0.6) is 0 Å². The zero-order chi connectivity index (χ0) is 21.0. The number of esters is 1. The van der Waals surface area contributed by atoms with Gasteiger partial charge in [-0.25, -0.2) is 9.18 Å². The number of amides is 3. The molecule has 1 aliphatic rings. The van der Waals surface area contributed by atoms with Crippen LogP contribution in [0.15, 0.2) is 53.4 Å². The summed E-state index contributed by atoms with van der Waals surface area (Å²) in [7, 11) is 1.27. The Hall–Kier alpha value is -3.46. The first kappa shape index (κ1) is 20.3. The molecule has 0 radical (unpaired) electrons. The summed E-state index contributed by atoms with van der Waals surface area (Å²) in [6.45, 7) is -0.530. The number of ether oxygens (including phenoxy) is 1. The lowest BCUT2D eigenvalue weighted by Crippen LogP contribution is -2.36. The lowest BCUT2D eigenvalue weighted by Gasteiger charge is -2.12. The number of benzene rings is 2. The Morgan fingerprint density at radius 3 is 2.48 bits per heavy atom. The smallest absolute Gasteiger partial charge is 0.337 e. The quantitative estimate of drug-likeness (QED) is 0.596. The molecule has 0 unspecified atom stereocenters. The van der Waals surface area contributed by atoms with E-state index in [1.807, 2.05) is 0 Å². The summed E-state index contributed by atoms with van der Waals surface area (Å²) in [6.07, 6.45) is 1.49. The van der Waals surface area contributed by atoms with Crippen molar-refractivity contribution in [1.29, 1.82) is 0 Å². The van der Waals surface area contributed by atoms with Crippen LogP contribution in [0.2, 0.25) is 0 Å². The number of halogens is 1. The molecule has 2 aromatic rings. The number of para-hydroxylation sites is 1. The van der Waals surface area contributed by atoms with Gasteiger partial charge in [-0.1, -0.05) is 24.3 Å². The van der Waals surface area contributed by atoms with Crippen LogP contribution in [0.25, 0.3) is 6.08 Å². The van der Waals surface area contributed by atoms with E-state index in [-0.39, 0.29) is 10.6 Å². The highest BCUT2D eigenvalue weighted by atomic mass is 32.2. The zero-order valence-electron chi connectivity index (χ0n) is 15.2. The van der Waals surface area contributed by atoms with E-state index >= 15 is 0 Å². The second kappa shape index (κ2) is 8.70. The monoisotopic (exact) mass is 414 g/mol. The van der Waals surface area contributed by atoms with Crippen molar-refractivity contribution in [1.82, 2.24) is 4.90 Å². The van der Waals surface area contributed by atoms with Crippen LogP contribution in [0.1, 0.15) is 15.9 Å². The summed E-state index contributed by atoms with van der Waals surface area (Å²) in [5, 5.41) is 1.73. The number of hydrogen-bond acceptors (Lipinski definition) is 6. The molecule has 29 heavy (non-hydrogen) atoms.